The maximum atomic E-state index is 12.3. The summed E-state index contributed by atoms with van der Waals surface area (Å²) < 4.78 is 16.3. The van der Waals surface area contributed by atoms with Gasteiger partial charge >= 0.3 is 6.09 Å². The molecule has 28 heavy (non-hydrogen) atoms. The molecule has 4 rings (SSSR count). The fraction of sp³-hybridized carbons (Fsp3) is 0.409. The lowest BCUT2D eigenvalue weighted by molar-refractivity contribution is 0.0846. The van der Waals surface area contributed by atoms with Crippen molar-refractivity contribution in [1.82, 2.24) is 10.2 Å². The zero-order chi connectivity index (χ0) is 19.3. The number of ether oxygens (including phenoxy) is 3. The van der Waals surface area contributed by atoms with E-state index in [4.69, 9.17) is 14.2 Å². The SMILES string of the molecule is CC(NC1CCN(C(=O)OCc2ccccc2)CC1)c1ccc2c(c1)OCO2. The van der Waals surface area contributed by atoms with Crippen LogP contribution in [0.2, 0.25) is 0 Å². The van der Waals surface area contributed by atoms with Gasteiger partial charge in [0.1, 0.15) is 6.61 Å². The maximum Gasteiger partial charge on any atom is 0.410 e. The Morgan fingerprint density at radius 2 is 1.89 bits per heavy atom. The number of nitrogens with zero attached hydrogens (tertiary/aromatic N) is 1. The number of fused-ring (bicyclic) bond motifs is 1. The molecule has 0 aliphatic carbocycles. The third kappa shape index (κ3) is 4.39. The normalized spacial score (nSPS) is 17.4. The minimum Gasteiger partial charge on any atom is -0.454 e. The highest BCUT2D eigenvalue weighted by Crippen LogP contribution is 2.34. The van der Waals surface area contributed by atoms with Gasteiger partial charge in [-0.25, -0.2) is 4.79 Å². The van der Waals surface area contributed by atoms with Gasteiger partial charge in [0.2, 0.25) is 6.79 Å². The molecule has 2 heterocycles. The number of hydrogen-bond donors (Lipinski definition) is 1. The Hall–Kier alpha value is -2.73. The van der Waals surface area contributed by atoms with E-state index in [1.165, 1.54) is 5.56 Å². The molecule has 0 aromatic heterocycles. The molecule has 2 aliphatic rings. The third-order valence-corrected chi connectivity index (χ3v) is 5.34. The van der Waals surface area contributed by atoms with Crippen LogP contribution in [0.15, 0.2) is 48.5 Å². The molecule has 148 valence electrons. The molecule has 0 spiro atoms. The van der Waals surface area contributed by atoms with E-state index >= 15 is 0 Å². The van der Waals surface area contributed by atoms with Crippen molar-refractivity contribution in [2.75, 3.05) is 19.9 Å². The van der Waals surface area contributed by atoms with E-state index < -0.39 is 0 Å². The molecule has 0 bridgehead atoms. The van der Waals surface area contributed by atoms with Crippen molar-refractivity contribution < 1.29 is 19.0 Å². The Kier molecular flexibility index (Phi) is 5.67. The largest absolute Gasteiger partial charge is 0.454 e. The van der Waals surface area contributed by atoms with Gasteiger partial charge < -0.3 is 24.4 Å². The van der Waals surface area contributed by atoms with Crippen LogP contribution < -0.4 is 14.8 Å². The second kappa shape index (κ2) is 8.52. The van der Waals surface area contributed by atoms with E-state index in [9.17, 15) is 4.79 Å². The molecule has 1 atom stereocenters. The number of carbonyl (C=O) groups is 1. The number of likely N-dealkylation sites (tertiary alicyclic amines) is 1. The van der Waals surface area contributed by atoms with Gasteiger partial charge in [-0.3, -0.25) is 0 Å². The number of carbonyl (C=O) groups excluding carboxylic acids is 1. The summed E-state index contributed by atoms with van der Waals surface area (Å²) in [4.78, 5) is 14.1. The second-order valence-electron chi connectivity index (χ2n) is 7.30. The van der Waals surface area contributed by atoms with Gasteiger partial charge in [0, 0.05) is 25.2 Å². The molecule has 6 nitrogen and oxygen atoms in total. The molecule has 1 fully saturated rings. The minimum atomic E-state index is -0.230. The highest BCUT2D eigenvalue weighted by atomic mass is 16.7. The first kappa shape index (κ1) is 18.6. The van der Waals surface area contributed by atoms with Crippen molar-refractivity contribution in [3.63, 3.8) is 0 Å². The van der Waals surface area contributed by atoms with Crippen LogP contribution in [0.1, 0.15) is 36.9 Å². The predicted octanol–water partition coefficient (Wildman–Crippen LogP) is 3.87. The molecule has 0 radical (unpaired) electrons. The fourth-order valence-corrected chi connectivity index (χ4v) is 3.67. The quantitative estimate of drug-likeness (QED) is 0.851. The first-order valence-electron chi connectivity index (χ1n) is 9.80. The fourth-order valence-electron chi connectivity index (χ4n) is 3.67. The van der Waals surface area contributed by atoms with E-state index in [0.717, 1.165) is 29.9 Å². The summed E-state index contributed by atoms with van der Waals surface area (Å²) >= 11 is 0. The second-order valence-corrected chi connectivity index (χ2v) is 7.30. The van der Waals surface area contributed by atoms with Gasteiger partial charge in [0.25, 0.3) is 0 Å². The molecule has 0 saturated carbocycles. The zero-order valence-electron chi connectivity index (χ0n) is 16.1. The number of piperidine rings is 1. The van der Waals surface area contributed by atoms with Gasteiger partial charge in [-0.1, -0.05) is 36.4 Å². The van der Waals surface area contributed by atoms with Crippen LogP contribution in [0.25, 0.3) is 0 Å². The van der Waals surface area contributed by atoms with Crippen LogP contribution in [0.4, 0.5) is 4.79 Å². The third-order valence-electron chi connectivity index (χ3n) is 5.34. The molecule has 1 N–H and O–H groups in total. The van der Waals surface area contributed by atoms with Crippen LogP contribution in [-0.2, 0) is 11.3 Å². The van der Waals surface area contributed by atoms with Crippen LogP contribution in [0, 0.1) is 0 Å². The van der Waals surface area contributed by atoms with E-state index in [1.807, 2.05) is 42.5 Å². The first-order chi connectivity index (χ1) is 13.7. The zero-order valence-corrected chi connectivity index (χ0v) is 16.1. The van der Waals surface area contributed by atoms with Crippen LogP contribution >= 0.6 is 0 Å². The van der Waals surface area contributed by atoms with E-state index in [2.05, 4.69) is 18.3 Å². The van der Waals surface area contributed by atoms with Crippen molar-refractivity contribution in [2.45, 2.75) is 38.5 Å². The first-order valence-corrected chi connectivity index (χ1v) is 9.80. The van der Waals surface area contributed by atoms with Crippen molar-refractivity contribution in [2.24, 2.45) is 0 Å². The van der Waals surface area contributed by atoms with Crippen molar-refractivity contribution in [3.8, 4) is 11.5 Å². The van der Waals surface area contributed by atoms with Crippen molar-refractivity contribution >= 4 is 6.09 Å². The van der Waals surface area contributed by atoms with E-state index in [-0.39, 0.29) is 12.1 Å². The standard InChI is InChI=1S/C22H26N2O4/c1-16(18-7-8-20-21(13-18)28-15-27-20)23-19-9-11-24(12-10-19)22(25)26-14-17-5-3-2-4-6-17/h2-8,13,16,19,23H,9-12,14-15H2,1H3. The van der Waals surface area contributed by atoms with Crippen LogP contribution in [-0.4, -0.2) is 36.9 Å². The topological polar surface area (TPSA) is 60.0 Å². The average molecular weight is 382 g/mol. The highest BCUT2D eigenvalue weighted by Gasteiger charge is 2.25. The molecular weight excluding hydrogens is 356 g/mol. The summed E-state index contributed by atoms with van der Waals surface area (Å²) in [5.74, 6) is 1.61. The van der Waals surface area contributed by atoms with Crippen molar-refractivity contribution in [3.05, 3.63) is 59.7 Å². The van der Waals surface area contributed by atoms with E-state index in [1.54, 1.807) is 4.90 Å². The Bertz CT molecular complexity index is 803. The van der Waals surface area contributed by atoms with Crippen molar-refractivity contribution in [1.29, 1.82) is 0 Å². The number of rotatable bonds is 5. The summed E-state index contributed by atoms with van der Waals surface area (Å²) in [6.07, 6.45) is 1.59. The Balaban J connectivity index is 1.23. The average Bonchev–Trinajstić information content (AvgIpc) is 3.21. The van der Waals surface area contributed by atoms with Gasteiger partial charge in [-0.2, -0.15) is 0 Å². The number of benzene rings is 2. The molecular formula is C22H26N2O4. The molecule has 1 unspecified atom stereocenters. The van der Waals surface area contributed by atoms with E-state index in [0.29, 0.717) is 32.5 Å². The number of amides is 1. The summed E-state index contributed by atoms with van der Waals surface area (Å²) in [6, 6.07) is 16.4. The van der Waals surface area contributed by atoms with Crippen LogP contribution in [0.5, 0.6) is 11.5 Å². The van der Waals surface area contributed by atoms with Gasteiger partial charge in [-0.15, -0.1) is 0 Å². The summed E-state index contributed by atoms with van der Waals surface area (Å²) in [6.45, 7) is 4.18. The summed E-state index contributed by atoms with van der Waals surface area (Å²) in [5.41, 5.74) is 2.18. The smallest absolute Gasteiger partial charge is 0.410 e. The Morgan fingerprint density at radius 3 is 2.68 bits per heavy atom. The van der Waals surface area contributed by atoms with Gasteiger partial charge in [0.05, 0.1) is 0 Å². The lowest BCUT2D eigenvalue weighted by Crippen LogP contribution is -2.45. The number of nitrogens with one attached hydrogen (secondary N) is 1. The predicted molar refractivity (Wildman–Crippen MR) is 105 cm³/mol. The lowest BCUT2D eigenvalue weighted by Gasteiger charge is -2.33. The number of hydrogen-bond acceptors (Lipinski definition) is 5. The molecule has 1 amide bonds. The lowest BCUT2D eigenvalue weighted by atomic mass is 10.0. The maximum absolute atomic E-state index is 12.3. The van der Waals surface area contributed by atoms with Crippen LogP contribution in [0.3, 0.4) is 0 Å². The molecule has 2 aromatic carbocycles. The summed E-state index contributed by atoms with van der Waals surface area (Å²) in [7, 11) is 0. The van der Waals surface area contributed by atoms with Gasteiger partial charge in [-0.05, 0) is 43.0 Å². The molecule has 6 heteroatoms. The minimum absolute atomic E-state index is 0.205. The molecule has 1 saturated heterocycles. The highest BCUT2D eigenvalue weighted by molar-refractivity contribution is 5.67. The summed E-state index contributed by atoms with van der Waals surface area (Å²) in [5, 5.41) is 3.67. The molecule has 2 aliphatic heterocycles. The molecule has 2 aromatic rings. The monoisotopic (exact) mass is 382 g/mol. The Morgan fingerprint density at radius 1 is 1.14 bits per heavy atom. The Labute approximate surface area is 165 Å². The van der Waals surface area contributed by atoms with Gasteiger partial charge in [0.15, 0.2) is 11.5 Å².